The Hall–Kier alpha value is -3.33. The summed E-state index contributed by atoms with van der Waals surface area (Å²) < 4.78 is 2.80. The fourth-order valence-corrected chi connectivity index (χ4v) is 4.66. The van der Waals surface area contributed by atoms with Crippen molar-refractivity contribution in [3.63, 3.8) is 0 Å². The third kappa shape index (κ3) is 3.88. The van der Waals surface area contributed by atoms with Gasteiger partial charge in [-0.2, -0.15) is 11.8 Å². The highest BCUT2D eigenvalue weighted by Crippen LogP contribution is 2.24. The van der Waals surface area contributed by atoms with Gasteiger partial charge in [-0.1, -0.05) is 42.5 Å². The number of thioether (sulfide) groups is 1. The molecule has 4 aromatic rings. The summed E-state index contributed by atoms with van der Waals surface area (Å²) in [6.45, 7) is 1.97. The summed E-state index contributed by atoms with van der Waals surface area (Å²) >= 11 is 1.91. The van der Waals surface area contributed by atoms with Gasteiger partial charge >= 0.3 is 5.69 Å². The molecular weight excluding hydrogens is 412 g/mol. The zero-order chi connectivity index (χ0) is 21.2. The van der Waals surface area contributed by atoms with Crippen LogP contribution in [-0.4, -0.2) is 49.7 Å². The molecule has 5 rings (SSSR count). The lowest BCUT2D eigenvalue weighted by molar-refractivity contribution is -0.122. The molecule has 1 saturated heterocycles. The molecule has 0 atom stereocenters. The van der Waals surface area contributed by atoms with E-state index in [1.807, 2.05) is 66.4 Å². The molecule has 1 aliphatic heterocycles. The highest BCUT2D eigenvalue weighted by molar-refractivity contribution is 7.99. The average molecular weight is 435 g/mol. The number of amides is 1. The lowest BCUT2D eigenvalue weighted by Gasteiger charge is -2.27. The van der Waals surface area contributed by atoms with Crippen molar-refractivity contribution in [2.24, 2.45) is 0 Å². The largest absolute Gasteiger partial charge is 0.352 e. The first-order chi connectivity index (χ1) is 15.2. The monoisotopic (exact) mass is 434 g/mol. The van der Waals surface area contributed by atoms with Gasteiger partial charge in [0.15, 0.2) is 5.82 Å². The number of aromatic nitrogens is 4. The van der Waals surface area contributed by atoms with Gasteiger partial charge in [0.2, 0.25) is 11.6 Å². The van der Waals surface area contributed by atoms with Crippen LogP contribution >= 0.6 is 11.8 Å². The fourth-order valence-electron chi connectivity index (χ4n) is 3.76. The first kappa shape index (κ1) is 19.6. The quantitative estimate of drug-likeness (QED) is 0.517. The Bertz CT molecular complexity index is 1290. The molecule has 1 N–H and O–H groups in total. The second kappa shape index (κ2) is 8.43. The lowest BCUT2D eigenvalue weighted by Crippen LogP contribution is -2.33. The number of fused-ring (bicyclic) bond motifs is 3. The van der Waals surface area contributed by atoms with E-state index in [-0.39, 0.29) is 18.1 Å². The van der Waals surface area contributed by atoms with Crippen LogP contribution in [0.15, 0.2) is 59.4 Å². The van der Waals surface area contributed by atoms with Crippen molar-refractivity contribution in [2.75, 3.05) is 29.5 Å². The SMILES string of the molecule is O=C(Cn1nc2c(N3CCSCC3)nc3ccccc3n2c1=O)NCc1ccccc1. The Kier molecular flexibility index (Phi) is 5.33. The Labute approximate surface area is 182 Å². The summed E-state index contributed by atoms with van der Waals surface area (Å²) in [5.74, 6) is 2.45. The van der Waals surface area contributed by atoms with E-state index in [0.717, 1.165) is 35.7 Å². The zero-order valence-electron chi connectivity index (χ0n) is 16.9. The third-order valence-electron chi connectivity index (χ3n) is 5.32. The van der Waals surface area contributed by atoms with E-state index in [9.17, 15) is 9.59 Å². The summed E-state index contributed by atoms with van der Waals surface area (Å²) in [6.07, 6.45) is 0. The van der Waals surface area contributed by atoms with E-state index in [1.165, 1.54) is 4.68 Å². The van der Waals surface area contributed by atoms with Crippen LogP contribution < -0.4 is 15.9 Å². The smallest absolute Gasteiger partial charge is 0.351 e. The second-order valence-corrected chi connectivity index (χ2v) is 8.61. The topological polar surface area (TPSA) is 84.5 Å². The van der Waals surface area contributed by atoms with Gasteiger partial charge < -0.3 is 10.2 Å². The maximum absolute atomic E-state index is 13.2. The van der Waals surface area contributed by atoms with Crippen LogP contribution in [0.25, 0.3) is 16.7 Å². The number of carbonyl (C=O) groups excluding carboxylic acids is 1. The van der Waals surface area contributed by atoms with Crippen LogP contribution in [0.3, 0.4) is 0 Å². The van der Waals surface area contributed by atoms with Crippen molar-refractivity contribution in [1.82, 2.24) is 24.5 Å². The van der Waals surface area contributed by atoms with Crippen molar-refractivity contribution >= 4 is 40.2 Å². The van der Waals surface area contributed by atoms with Crippen molar-refractivity contribution in [2.45, 2.75) is 13.1 Å². The van der Waals surface area contributed by atoms with Gasteiger partial charge in [0.05, 0.1) is 11.0 Å². The van der Waals surface area contributed by atoms with E-state index in [2.05, 4.69) is 15.3 Å². The molecule has 0 radical (unpaired) electrons. The molecule has 8 nitrogen and oxygen atoms in total. The molecule has 1 aliphatic rings. The zero-order valence-corrected chi connectivity index (χ0v) is 17.7. The highest BCUT2D eigenvalue weighted by Gasteiger charge is 2.22. The number of nitrogens with one attached hydrogen (secondary N) is 1. The van der Waals surface area contributed by atoms with Crippen molar-refractivity contribution in [3.8, 4) is 0 Å². The predicted molar refractivity (Wildman–Crippen MR) is 123 cm³/mol. The van der Waals surface area contributed by atoms with Crippen molar-refractivity contribution < 1.29 is 4.79 Å². The van der Waals surface area contributed by atoms with Crippen molar-refractivity contribution in [3.05, 3.63) is 70.6 Å². The van der Waals surface area contributed by atoms with Crippen LogP contribution in [0.4, 0.5) is 5.82 Å². The molecule has 158 valence electrons. The molecule has 2 aromatic heterocycles. The fraction of sp³-hybridized carbons (Fsp3) is 0.273. The molecule has 0 bridgehead atoms. The van der Waals surface area contributed by atoms with E-state index in [0.29, 0.717) is 23.5 Å². The normalized spacial score (nSPS) is 14.3. The van der Waals surface area contributed by atoms with Gasteiger partial charge in [-0.15, -0.1) is 5.10 Å². The van der Waals surface area contributed by atoms with Gasteiger partial charge in [-0.3, -0.25) is 4.79 Å². The molecular formula is C22H22N6O2S. The molecule has 9 heteroatoms. The van der Waals surface area contributed by atoms with Crippen LogP contribution in [0.1, 0.15) is 5.56 Å². The summed E-state index contributed by atoms with van der Waals surface area (Å²) in [5, 5.41) is 7.39. The van der Waals surface area contributed by atoms with Crippen LogP contribution in [-0.2, 0) is 17.9 Å². The number of carbonyl (C=O) groups is 1. The lowest BCUT2D eigenvalue weighted by atomic mass is 10.2. The molecule has 0 unspecified atom stereocenters. The highest BCUT2D eigenvalue weighted by atomic mass is 32.2. The number of hydrogen-bond donors (Lipinski definition) is 1. The summed E-state index contributed by atoms with van der Waals surface area (Å²) in [5.41, 5.74) is 2.58. The molecule has 0 aliphatic carbocycles. The molecule has 2 aromatic carbocycles. The Morgan fingerprint density at radius 3 is 2.58 bits per heavy atom. The van der Waals surface area contributed by atoms with Gasteiger partial charge in [-0.05, 0) is 17.7 Å². The number of benzene rings is 2. The third-order valence-corrected chi connectivity index (χ3v) is 6.27. The Morgan fingerprint density at radius 1 is 1.03 bits per heavy atom. The summed E-state index contributed by atoms with van der Waals surface area (Å²) in [4.78, 5) is 32.7. The summed E-state index contributed by atoms with van der Waals surface area (Å²) in [6, 6.07) is 17.2. The van der Waals surface area contributed by atoms with Crippen LogP contribution in [0, 0.1) is 0 Å². The van der Waals surface area contributed by atoms with Gasteiger partial charge in [-0.25, -0.2) is 18.9 Å². The summed E-state index contributed by atoms with van der Waals surface area (Å²) in [7, 11) is 0. The number of nitrogens with zero attached hydrogens (tertiary/aromatic N) is 5. The average Bonchev–Trinajstić information content (AvgIpc) is 3.14. The molecule has 1 amide bonds. The van der Waals surface area contributed by atoms with E-state index in [1.54, 1.807) is 4.40 Å². The van der Waals surface area contributed by atoms with Crippen LogP contribution in [0.5, 0.6) is 0 Å². The molecule has 3 heterocycles. The maximum Gasteiger partial charge on any atom is 0.351 e. The van der Waals surface area contributed by atoms with Gasteiger partial charge in [0.25, 0.3) is 0 Å². The Morgan fingerprint density at radius 2 is 1.77 bits per heavy atom. The number of rotatable bonds is 5. The number of para-hydroxylation sites is 2. The molecule has 0 saturated carbocycles. The molecule has 0 spiro atoms. The number of anilines is 1. The molecule has 1 fully saturated rings. The standard InChI is InChI=1S/C22H22N6O2S/c29-19(23-14-16-6-2-1-3-7-16)15-27-22(30)28-18-9-5-4-8-17(18)24-20(21(28)25-27)26-10-12-31-13-11-26/h1-9H,10-15H2,(H,23,29). The maximum atomic E-state index is 13.2. The van der Waals surface area contributed by atoms with Crippen molar-refractivity contribution in [1.29, 1.82) is 0 Å². The van der Waals surface area contributed by atoms with E-state index < -0.39 is 0 Å². The number of hydrogen-bond acceptors (Lipinski definition) is 6. The first-order valence-corrected chi connectivity index (χ1v) is 11.4. The predicted octanol–water partition coefficient (Wildman–Crippen LogP) is 1.91. The minimum atomic E-state index is -0.337. The minimum absolute atomic E-state index is 0.142. The molecule has 31 heavy (non-hydrogen) atoms. The van der Waals surface area contributed by atoms with Gasteiger partial charge in [0.1, 0.15) is 6.54 Å². The second-order valence-electron chi connectivity index (χ2n) is 7.39. The van der Waals surface area contributed by atoms with Crippen LogP contribution in [0.2, 0.25) is 0 Å². The first-order valence-electron chi connectivity index (χ1n) is 10.2. The van der Waals surface area contributed by atoms with E-state index >= 15 is 0 Å². The van der Waals surface area contributed by atoms with E-state index in [4.69, 9.17) is 4.98 Å². The van der Waals surface area contributed by atoms with Gasteiger partial charge in [0, 0.05) is 31.1 Å². The Balaban J connectivity index is 1.50. The minimum Gasteiger partial charge on any atom is -0.352 e.